The summed E-state index contributed by atoms with van der Waals surface area (Å²) in [5.41, 5.74) is 1.90. The van der Waals surface area contributed by atoms with Crippen molar-refractivity contribution in [2.45, 2.75) is 25.3 Å². The van der Waals surface area contributed by atoms with Crippen LogP contribution in [0, 0.1) is 0 Å². The van der Waals surface area contributed by atoms with Gasteiger partial charge in [-0.3, -0.25) is 19.3 Å². The summed E-state index contributed by atoms with van der Waals surface area (Å²) in [6, 6.07) is 11.2. The molecule has 0 bridgehead atoms. The molecule has 0 radical (unpaired) electrons. The van der Waals surface area contributed by atoms with Gasteiger partial charge in [0.25, 0.3) is 5.91 Å². The Morgan fingerprint density at radius 2 is 1.47 bits per heavy atom. The van der Waals surface area contributed by atoms with E-state index in [0.29, 0.717) is 60.4 Å². The number of fused-ring (bicyclic) bond motifs is 2. The molecule has 0 saturated carbocycles. The summed E-state index contributed by atoms with van der Waals surface area (Å²) >= 11 is 0. The van der Waals surface area contributed by atoms with E-state index in [9.17, 15) is 14.4 Å². The molecular formula is C32H42N4O7. The van der Waals surface area contributed by atoms with E-state index in [4.69, 9.17) is 18.9 Å². The Kier molecular flexibility index (Phi) is 10.6. The fraction of sp³-hybridized carbons (Fsp3) is 0.531. The molecule has 1 unspecified atom stereocenters. The zero-order valence-electron chi connectivity index (χ0n) is 25.1. The minimum absolute atomic E-state index is 0.0301. The number of morpholine rings is 1. The average molecular weight is 595 g/mol. The van der Waals surface area contributed by atoms with Gasteiger partial charge in [-0.05, 0) is 63.5 Å². The zero-order chi connectivity index (χ0) is 30.2. The van der Waals surface area contributed by atoms with E-state index in [2.05, 4.69) is 34.1 Å². The normalized spacial score (nSPS) is 20.0. The summed E-state index contributed by atoms with van der Waals surface area (Å²) in [6.07, 6.45) is 2.18. The van der Waals surface area contributed by atoms with Gasteiger partial charge in [0, 0.05) is 62.7 Å². The van der Waals surface area contributed by atoms with Crippen LogP contribution in [0.4, 0.5) is 5.69 Å². The van der Waals surface area contributed by atoms with Gasteiger partial charge >= 0.3 is 0 Å². The van der Waals surface area contributed by atoms with E-state index in [1.165, 1.54) is 0 Å². The summed E-state index contributed by atoms with van der Waals surface area (Å²) in [5.74, 6) is 2.08. The standard InChI is InChI=1S/C17H23N3O3.C15H19NO4/c1-19(2)13-5-7-20(10-13)8-6-15(21)12-3-4-16-14(9-12)18-17(22)11-23-16;17-13(3-4-16-5-7-18-8-6-16)12-1-2-14-15(11-12)20-10-9-19-14/h3-4,9,13H,5-8,10-11H2,1-2H3,(H,18,22);1-2,11H,3-10H2. The third-order valence-corrected chi connectivity index (χ3v) is 8.19. The molecule has 4 heterocycles. The summed E-state index contributed by atoms with van der Waals surface area (Å²) in [4.78, 5) is 42.8. The molecular weight excluding hydrogens is 552 g/mol. The lowest BCUT2D eigenvalue weighted by Crippen LogP contribution is -2.37. The maximum Gasteiger partial charge on any atom is 0.262 e. The highest BCUT2D eigenvalue weighted by Crippen LogP contribution is 2.31. The Hall–Kier alpha value is -3.51. The molecule has 1 N–H and O–H groups in total. The van der Waals surface area contributed by atoms with Crippen LogP contribution in [0.3, 0.4) is 0 Å². The van der Waals surface area contributed by atoms with Crippen LogP contribution in [-0.4, -0.2) is 125 Å². The number of nitrogens with zero attached hydrogens (tertiary/aromatic N) is 3. The van der Waals surface area contributed by atoms with Crippen molar-refractivity contribution < 1.29 is 33.3 Å². The van der Waals surface area contributed by atoms with E-state index in [1.807, 2.05) is 12.1 Å². The molecule has 0 aromatic heterocycles. The monoisotopic (exact) mass is 594 g/mol. The minimum atomic E-state index is -0.186. The van der Waals surface area contributed by atoms with E-state index >= 15 is 0 Å². The van der Waals surface area contributed by atoms with E-state index in [1.54, 1.807) is 24.3 Å². The number of ketones is 2. The molecule has 0 aliphatic carbocycles. The molecule has 43 heavy (non-hydrogen) atoms. The maximum absolute atomic E-state index is 12.4. The van der Waals surface area contributed by atoms with Gasteiger partial charge in [0.05, 0.1) is 18.9 Å². The number of Topliss-reactive ketones (excluding diaryl/α,β-unsaturated/α-hetero) is 2. The number of carbonyl (C=O) groups excluding carboxylic acids is 3. The van der Waals surface area contributed by atoms with Gasteiger partial charge in [0.15, 0.2) is 29.7 Å². The summed E-state index contributed by atoms with van der Waals surface area (Å²) < 4.78 is 21.6. The summed E-state index contributed by atoms with van der Waals surface area (Å²) in [6.45, 7) is 8.12. The number of amides is 1. The first-order valence-electron chi connectivity index (χ1n) is 15.1. The number of likely N-dealkylation sites (N-methyl/N-ethyl adjacent to an activating group) is 1. The Morgan fingerprint density at radius 3 is 2.16 bits per heavy atom. The number of hydrogen-bond acceptors (Lipinski definition) is 10. The highest BCUT2D eigenvalue weighted by Gasteiger charge is 2.25. The first kappa shape index (κ1) is 30.9. The number of carbonyl (C=O) groups is 3. The third kappa shape index (κ3) is 8.54. The molecule has 2 fully saturated rings. The van der Waals surface area contributed by atoms with Gasteiger partial charge < -0.3 is 34.1 Å². The highest BCUT2D eigenvalue weighted by molar-refractivity contribution is 6.00. The van der Waals surface area contributed by atoms with Crippen molar-refractivity contribution in [3.05, 3.63) is 47.5 Å². The smallest absolute Gasteiger partial charge is 0.262 e. The average Bonchev–Trinajstić information content (AvgIpc) is 3.52. The fourth-order valence-corrected chi connectivity index (χ4v) is 5.54. The number of benzene rings is 2. The molecule has 4 aliphatic rings. The molecule has 11 nitrogen and oxygen atoms in total. The molecule has 232 valence electrons. The number of rotatable bonds is 9. The Morgan fingerprint density at radius 1 is 0.814 bits per heavy atom. The molecule has 11 heteroatoms. The molecule has 0 spiro atoms. The minimum Gasteiger partial charge on any atom is -0.486 e. The van der Waals surface area contributed by atoms with Crippen LogP contribution >= 0.6 is 0 Å². The summed E-state index contributed by atoms with van der Waals surface area (Å²) in [5, 5.41) is 2.74. The second-order valence-corrected chi connectivity index (χ2v) is 11.4. The molecule has 6 rings (SSSR count). The second kappa shape index (κ2) is 14.8. The Balaban J connectivity index is 0.000000173. The number of nitrogens with one attached hydrogen (secondary N) is 1. The van der Waals surface area contributed by atoms with Crippen molar-refractivity contribution >= 4 is 23.2 Å². The maximum atomic E-state index is 12.4. The van der Waals surface area contributed by atoms with E-state index < -0.39 is 0 Å². The van der Waals surface area contributed by atoms with Gasteiger partial charge in [-0.25, -0.2) is 0 Å². The lowest BCUT2D eigenvalue weighted by Gasteiger charge is -2.26. The van der Waals surface area contributed by atoms with Gasteiger partial charge in [0.2, 0.25) is 0 Å². The number of anilines is 1. The SMILES string of the molecule is CN(C)C1CCN(CCC(=O)c2ccc3c(c2)NC(=O)CO3)C1.O=C(CCN1CCOCC1)c1ccc2c(c1)OCCO2. The molecule has 2 saturated heterocycles. The third-order valence-electron chi connectivity index (χ3n) is 8.19. The molecule has 2 aromatic rings. The van der Waals surface area contributed by atoms with Gasteiger partial charge in [0.1, 0.15) is 19.0 Å². The first-order chi connectivity index (χ1) is 20.9. The van der Waals surface area contributed by atoms with Crippen molar-refractivity contribution in [2.75, 3.05) is 91.7 Å². The highest BCUT2D eigenvalue weighted by atomic mass is 16.6. The topological polar surface area (TPSA) is 110 Å². The van der Waals surface area contributed by atoms with Crippen molar-refractivity contribution in [1.82, 2.24) is 14.7 Å². The lowest BCUT2D eigenvalue weighted by atomic mass is 10.1. The second-order valence-electron chi connectivity index (χ2n) is 11.4. The van der Waals surface area contributed by atoms with E-state index in [-0.39, 0.29) is 24.1 Å². The Bertz CT molecular complexity index is 1290. The van der Waals surface area contributed by atoms with Crippen molar-refractivity contribution in [1.29, 1.82) is 0 Å². The predicted molar refractivity (Wildman–Crippen MR) is 162 cm³/mol. The number of hydrogen-bond donors (Lipinski definition) is 1. The fourth-order valence-electron chi connectivity index (χ4n) is 5.54. The molecule has 2 aromatic carbocycles. The molecule has 4 aliphatic heterocycles. The number of ether oxygens (including phenoxy) is 4. The van der Waals surface area contributed by atoms with E-state index in [0.717, 1.165) is 64.7 Å². The zero-order valence-corrected chi connectivity index (χ0v) is 25.1. The lowest BCUT2D eigenvalue weighted by molar-refractivity contribution is -0.118. The van der Waals surface area contributed by atoms with Crippen LogP contribution in [0.25, 0.3) is 0 Å². The van der Waals surface area contributed by atoms with Crippen LogP contribution in [0.1, 0.15) is 40.0 Å². The Labute approximate surface area is 253 Å². The first-order valence-corrected chi connectivity index (χ1v) is 15.1. The largest absolute Gasteiger partial charge is 0.486 e. The predicted octanol–water partition coefficient (Wildman–Crippen LogP) is 2.59. The summed E-state index contributed by atoms with van der Waals surface area (Å²) in [7, 11) is 4.20. The van der Waals surface area contributed by atoms with Gasteiger partial charge in [-0.1, -0.05) is 0 Å². The van der Waals surface area contributed by atoms with Crippen molar-refractivity contribution in [3.8, 4) is 17.2 Å². The van der Waals surface area contributed by atoms with Crippen molar-refractivity contribution in [3.63, 3.8) is 0 Å². The van der Waals surface area contributed by atoms with Crippen LogP contribution < -0.4 is 19.5 Å². The van der Waals surface area contributed by atoms with Crippen LogP contribution in [0.15, 0.2) is 36.4 Å². The number of likely N-dealkylation sites (tertiary alicyclic amines) is 1. The quantitative estimate of drug-likeness (QED) is 0.435. The van der Waals surface area contributed by atoms with Crippen molar-refractivity contribution in [2.24, 2.45) is 0 Å². The van der Waals surface area contributed by atoms with Crippen LogP contribution in [0.5, 0.6) is 17.2 Å². The van der Waals surface area contributed by atoms with Crippen LogP contribution in [-0.2, 0) is 9.53 Å². The van der Waals surface area contributed by atoms with Crippen LogP contribution in [0.2, 0.25) is 0 Å². The van der Waals surface area contributed by atoms with Gasteiger partial charge in [-0.2, -0.15) is 0 Å². The molecule has 1 atom stereocenters. The van der Waals surface area contributed by atoms with Gasteiger partial charge in [-0.15, -0.1) is 0 Å². The molecule has 1 amide bonds.